The van der Waals surface area contributed by atoms with Crippen LogP contribution in [0.1, 0.15) is 42.5 Å². The van der Waals surface area contributed by atoms with Gasteiger partial charge in [-0.15, -0.1) is 0 Å². The number of nitrogens with two attached hydrogens (primary N) is 1. The maximum absolute atomic E-state index is 13.5. The Balaban J connectivity index is 2.05. The van der Waals surface area contributed by atoms with Gasteiger partial charge in [0.1, 0.15) is 5.82 Å². The van der Waals surface area contributed by atoms with Gasteiger partial charge < -0.3 is 11.1 Å². The fourth-order valence-electron chi connectivity index (χ4n) is 2.23. The molecule has 3 N–H and O–H groups in total. The number of hydrogen-bond acceptors (Lipinski definition) is 2. The molecule has 3 nitrogen and oxygen atoms in total. The zero-order chi connectivity index (χ0) is 12.3. The lowest BCUT2D eigenvalue weighted by Crippen LogP contribution is -2.36. The summed E-state index contributed by atoms with van der Waals surface area (Å²) in [5.74, 6) is -0.880. The maximum atomic E-state index is 13.5. The monoisotopic (exact) mass is 236 g/mol. The van der Waals surface area contributed by atoms with E-state index < -0.39 is 5.82 Å². The van der Waals surface area contributed by atoms with E-state index in [1.807, 2.05) is 0 Å². The molecular weight excluding hydrogens is 219 g/mol. The van der Waals surface area contributed by atoms with Crippen molar-refractivity contribution in [1.82, 2.24) is 5.32 Å². The first kappa shape index (κ1) is 11.9. The standard InChI is InChI=1S/C13H17FN2O/c14-12-7-6-9(15)8-11(12)13(17)16-10-4-2-1-3-5-10/h6-8,10H,1-5,15H2,(H,16,17). The summed E-state index contributed by atoms with van der Waals surface area (Å²) in [5, 5.41) is 2.87. The lowest BCUT2D eigenvalue weighted by Gasteiger charge is -2.22. The van der Waals surface area contributed by atoms with Crippen LogP contribution >= 0.6 is 0 Å². The van der Waals surface area contributed by atoms with E-state index in [0.29, 0.717) is 5.69 Å². The highest BCUT2D eigenvalue weighted by molar-refractivity contribution is 5.95. The van der Waals surface area contributed by atoms with Crippen molar-refractivity contribution in [3.63, 3.8) is 0 Å². The molecule has 0 atom stereocenters. The molecule has 2 rings (SSSR count). The zero-order valence-electron chi connectivity index (χ0n) is 9.71. The molecule has 1 fully saturated rings. The molecule has 0 heterocycles. The number of halogens is 1. The zero-order valence-corrected chi connectivity index (χ0v) is 9.71. The van der Waals surface area contributed by atoms with Gasteiger partial charge in [-0.05, 0) is 31.0 Å². The quantitative estimate of drug-likeness (QED) is 0.775. The molecule has 0 bridgehead atoms. The van der Waals surface area contributed by atoms with Crippen molar-refractivity contribution in [2.75, 3.05) is 5.73 Å². The highest BCUT2D eigenvalue weighted by atomic mass is 19.1. The van der Waals surface area contributed by atoms with E-state index in [1.165, 1.54) is 24.6 Å². The number of nitrogens with one attached hydrogen (secondary N) is 1. The Kier molecular flexibility index (Phi) is 3.61. The Morgan fingerprint density at radius 3 is 2.71 bits per heavy atom. The Bertz CT molecular complexity index is 414. The van der Waals surface area contributed by atoms with Gasteiger partial charge in [-0.3, -0.25) is 4.79 Å². The number of carbonyl (C=O) groups excluding carboxylic acids is 1. The van der Waals surface area contributed by atoms with Gasteiger partial charge in [0.2, 0.25) is 0 Å². The Hall–Kier alpha value is -1.58. The fourth-order valence-corrected chi connectivity index (χ4v) is 2.23. The summed E-state index contributed by atoms with van der Waals surface area (Å²) < 4.78 is 13.5. The number of hydrogen-bond donors (Lipinski definition) is 2. The minimum Gasteiger partial charge on any atom is -0.399 e. The Labute approximate surface area is 100 Å². The molecule has 17 heavy (non-hydrogen) atoms. The van der Waals surface area contributed by atoms with Crippen LogP contribution < -0.4 is 11.1 Å². The van der Waals surface area contributed by atoms with Crippen LogP contribution in [-0.4, -0.2) is 11.9 Å². The second-order valence-electron chi connectivity index (χ2n) is 4.55. The van der Waals surface area contributed by atoms with E-state index >= 15 is 0 Å². The topological polar surface area (TPSA) is 55.1 Å². The molecule has 1 aliphatic carbocycles. The fraction of sp³-hybridized carbons (Fsp3) is 0.462. The van der Waals surface area contributed by atoms with E-state index in [2.05, 4.69) is 5.32 Å². The largest absolute Gasteiger partial charge is 0.399 e. The first-order valence-corrected chi connectivity index (χ1v) is 6.02. The summed E-state index contributed by atoms with van der Waals surface area (Å²) in [6.45, 7) is 0. The molecule has 0 spiro atoms. The summed E-state index contributed by atoms with van der Waals surface area (Å²) in [5.41, 5.74) is 5.99. The molecule has 1 aliphatic rings. The average molecular weight is 236 g/mol. The molecule has 1 amide bonds. The molecule has 0 aromatic heterocycles. The number of nitrogen functional groups attached to an aromatic ring is 1. The molecule has 1 aromatic carbocycles. The molecule has 92 valence electrons. The molecule has 0 radical (unpaired) electrons. The van der Waals surface area contributed by atoms with Gasteiger partial charge in [0.15, 0.2) is 0 Å². The number of amides is 1. The van der Waals surface area contributed by atoms with Crippen molar-refractivity contribution < 1.29 is 9.18 Å². The third-order valence-corrected chi connectivity index (χ3v) is 3.18. The minimum absolute atomic E-state index is 0.0376. The first-order valence-electron chi connectivity index (χ1n) is 6.02. The number of carbonyl (C=O) groups is 1. The smallest absolute Gasteiger partial charge is 0.254 e. The van der Waals surface area contributed by atoms with Gasteiger partial charge in [-0.2, -0.15) is 0 Å². The molecule has 0 unspecified atom stereocenters. The van der Waals surface area contributed by atoms with E-state index in [1.54, 1.807) is 0 Å². The van der Waals surface area contributed by atoms with Crippen LogP contribution in [0.5, 0.6) is 0 Å². The van der Waals surface area contributed by atoms with Crippen molar-refractivity contribution in [2.45, 2.75) is 38.1 Å². The third-order valence-electron chi connectivity index (χ3n) is 3.18. The summed E-state index contributed by atoms with van der Waals surface area (Å²) in [6.07, 6.45) is 5.44. The van der Waals surface area contributed by atoms with E-state index in [9.17, 15) is 9.18 Å². The van der Waals surface area contributed by atoms with Crippen LogP contribution in [0, 0.1) is 5.82 Å². The first-order chi connectivity index (χ1) is 8.16. The summed E-state index contributed by atoms with van der Waals surface area (Å²) >= 11 is 0. The Morgan fingerprint density at radius 1 is 1.29 bits per heavy atom. The van der Waals surface area contributed by atoms with Crippen molar-refractivity contribution in [3.8, 4) is 0 Å². The van der Waals surface area contributed by atoms with Crippen molar-refractivity contribution in [3.05, 3.63) is 29.6 Å². The number of anilines is 1. The van der Waals surface area contributed by atoms with Crippen LogP contribution in [0.3, 0.4) is 0 Å². The van der Waals surface area contributed by atoms with Crippen molar-refractivity contribution >= 4 is 11.6 Å². The Morgan fingerprint density at radius 2 is 2.00 bits per heavy atom. The van der Waals surface area contributed by atoms with Gasteiger partial charge in [0, 0.05) is 11.7 Å². The number of benzene rings is 1. The minimum atomic E-state index is -0.521. The van der Waals surface area contributed by atoms with Gasteiger partial charge >= 0.3 is 0 Å². The second kappa shape index (κ2) is 5.17. The molecule has 0 saturated heterocycles. The maximum Gasteiger partial charge on any atom is 0.254 e. The van der Waals surface area contributed by atoms with Crippen LogP contribution in [-0.2, 0) is 0 Å². The summed E-state index contributed by atoms with van der Waals surface area (Å²) in [6, 6.07) is 4.24. The van der Waals surface area contributed by atoms with E-state index in [0.717, 1.165) is 25.7 Å². The van der Waals surface area contributed by atoms with Crippen LogP contribution in [0.2, 0.25) is 0 Å². The van der Waals surface area contributed by atoms with Crippen LogP contribution in [0.25, 0.3) is 0 Å². The number of rotatable bonds is 2. The molecule has 1 aromatic rings. The lowest BCUT2D eigenvalue weighted by atomic mass is 9.95. The molecule has 1 saturated carbocycles. The van der Waals surface area contributed by atoms with Gasteiger partial charge in [0.25, 0.3) is 5.91 Å². The van der Waals surface area contributed by atoms with E-state index in [4.69, 9.17) is 5.73 Å². The van der Waals surface area contributed by atoms with Crippen molar-refractivity contribution in [1.29, 1.82) is 0 Å². The highest BCUT2D eigenvalue weighted by Crippen LogP contribution is 2.18. The normalized spacial score (nSPS) is 16.8. The molecule has 0 aliphatic heterocycles. The lowest BCUT2D eigenvalue weighted by molar-refractivity contribution is 0.0923. The van der Waals surface area contributed by atoms with Crippen molar-refractivity contribution in [2.24, 2.45) is 0 Å². The third kappa shape index (κ3) is 2.96. The molecular formula is C13H17FN2O. The van der Waals surface area contributed by atoms with Gasteiger partial charge in [0.05, 0.1) is 5.56 Å². The van der Waals surface area contributed by atoms with E-state index in [-0.39, 0.29) is 17.5 Å². The van der Waals surface area contributed by atoms with Gasteiger partial charge in [-0.1, -0.05) is 19.3 Å². The summed E-state index contributed by atoms with van der Waals surface area (Å²) in [7, 11) is 0. The predicted octanol–water partition coefficient (Wildman–Crippen LogP) is 2.47. The second-order valence-corrected chi connectivity index (χ2v) is 4.55. The van der Waals surface area contributed by atoms with Crippen LogP contribution in [0.15, 0.2) is 18.2 Å². The SMILES string of the molecule is Nc1ccc(F)c(C(=O)NC2CCCCC2)c1. The predicted molar refractivity (Wildman–Crippen MR) is 65.2 cm³/mol. The highest BCUT2D eigenvalue weighted by Gasteiger charge is 2.18. The average Bonchev–Trinajstić information content (AvgIpc) is 2.33. The summed E-state index contributed by atoms with van der Waals surface area (Å²) in [4.78, 5) is 11.9. The molecule has 4 heteroatoms. The van der Waals surface area contributed by atoms with Gasteiger partial charge in [-0.25, -0.2) is 4.39 Å². The van der Waals surface area contributed by atoms with Crippen LogP contribution in [0.4, 0.5) is 10.1 Å².